The second kappa shape index (κ2) is 4.42. The number of hydrogen-bond acceptors (Lipinski definition) is 1. The number of fused-ring (bicyclic) bond motifs is 2. The fraction of sp³-hybridized carbons (Fsp3) is 0.308. The first-order chi connectivity index (χ1) is 8.59. The van der Waals surface area contributed by atoms with Gasteiger partial charge in [0.15, 0.2) is 5.82 Å². The number of halogens is 4. The third kappa shape index (κ3) is 1.74. The van der Waals surface area contributed by atoms with Crippen LogP contribution in [0.4, 0.5) is 8.78 Å². The SMILES string of the molecule is Fc1cc(Br)c(F)c2c(Cl)c3c(nc12)CCCC3. The molecule has 1 aliphatic carbocycles. The molecule has 1 aromatic heterocycles. The zero-order valence-corrected chi connectivity index (χ0v) is 11.7. The van der Waals surface area contributed by atoms with E-state index in [-0.39, 0.29) is 15.4 Å². The first kappa shape index (κ1) is 12.3. The average Bonchev–Trinajstić information content (AvgIpc) is 2.36. The van der Waals surface area contributed by atoms with Crippen molar-refractivity contribution in [3.8, 4) is 0 Å². The Hall–Kier alpha value is -0.740. The molecule has 94 valence electrons. The van der Waals surface area contributed by atoms with E-state index in [1.165, 1.54) is 0 Å². The molecule has 0 radical (unpaired) electrons. The molecule has 3 rings (SSSR count). The third-order valence-corrected chi connectivity index (χ3v) is 4.31. The number of hydrogen-bond donors (Lipinski definition) is 0. The summed E-state index contributed by atoms with van der Waals surface area (Å²) in [5.74, 6) is -1.09. The molecule has 18 heavy (non-hydrogen) atoms. The quantitative estimate of drug-likeness (QED) is 0.631. The molecule has 0 amide bonds. The highest BCUT2D eigenvalue weighted by Crippen LogP contribution is 2.37. The first-order valence-corrected chi connectivity index (χ1v) is 6.91. The fourth-order valence-electron chi connectivity index (χ4n) is 2.43. The van der Waals surface area contributed by atoms with Gasteiger partial charge in [0.25, 0.3) is 0 Å². The Morgan fingerprint density at radius 3 is 2.72 bits per heavy atom. The predicted octanol–water partition coefficient (Wildman–Crippen LogP) is 4.81. The van der Waals surface area contributed by atoms with E-state index in [1.807, 2.05) is 0 Å². The van der Waals surface area contributed by atoms with Gasteiger partial charge in [0, 0.05) is 5.69 Å². The van der Waals surface area contributed by atoms with E-state index >= 15 is 0 Å². The van der Waals surface area contributed by atoms with E-state index in [2.05, 4.69) is 20.9 Å². The number of aryl methyl sites for hydroxylation is 1. The summed E-state index contributed by atoms with van der Waals surface area (Å²) in [6, 6.07) is 1.09. The van der Waals surface area contributed by atoms with Crippen molar-refractivity contribution in [1.29, 1.82) is 0 Å². The summed E-state index contributed by atoms with van der Waals surface area (Å²) in [5, 5.41) is 0.400. The minimum atomic E-state index is -0.548. The van der Waals surface area contributed by atoms with Crippen molar-refractivity contribution in [2.45, 2.75) is 25.7 Å². The molecular weight excluding hydrogens is 324 g/mol. The van der Waals surface area contributed by atoms with Crippen LogP contribution in [-0.4, -0.2) is 4.98 Å². The minimum absolute atomic E-state index is 0.0290. The molecule has 0 saturated heterocycles. The van der Waals surface area contributed by atoms with Crippen LogP contribution in [0, 0.1) is 11.6 Å². The maximum atomic E-state index is 14.1. The Labute approximate surface area is 116 Å². The van der Waals surface area contributed by atoms with Gasteiger partial charge in [-0.2, -0.15) is 0 Å². The zero-order valence-electron chi connectivity index (χ0n) is 9.36. The molecule has 0 fully saturated rings. The van der Waals surface area contributed by atoms with Crippen LogP contribution in [0.1, 0.15) is 24.1 Å². The lowest BCUT2D eigenvalue weighted by Gasteiger charge is -2.18. The van der Waals surface area contributed by atoms with Gasteiger partial charge in [-0.05, 0) is 53.2 Å². The van der Waals surface area contributed by atoms with Crippen molar-refractivity contribution in [2.75, 3.05) is 0 Å². The van der Waals surface area contributed by atoms with E-state index in [4.69, 9.17) is 11.6 Å². The predicted molar refractivity (Wildman–Crippen MR) is 71.0 cm³/mol. The highest BCUT2D eigenvalue weighted by Gasteiger charge is 2.22. The second-order valence-corrected chi connectivity index (χ2v) is 5.67. The maximum absolute atomic E-state index is 14.1. The lowest BCUT2D eigenvalue weighted by molar-refractivity contribution is 0.606. The maximum Gasteiger partial charge on any atom is 0.150 e. The van der Waals surface area contributed by atoms with Crippen molar-refractivity contribution in [1.82, 2.24) is 4.98 Å². The number of benzene rings is 1. The molecule has 0 spiro atoms. The smallest absolute Gasteiger partial charge is 0.150 e. The summed E-state index contributed by atoms with van der Waals surface area (Å²) < 4.78 is 28.0. The van der Waals surface area contributed by atoms with Crippen molar-refractivity contribution in [3.05, 3.63) is 38.5 Å². The second-order valence-electron chi connectivity index (χ2n) is 4.44. The molecule has 0 saturated carbocycles. The van der Waals surface area contributed by atoms with E-state index < -0.39 is 11.6 Å². The molecule has 5 heteroatoms. The third-order valence-electron chi connectivity index (χ3n) is 3.32. The van der Waals surface area contributed by atoms with E-state index in [0.29, 0.717) is 5.02 Å². The van der Waals surface area contributed by atoms with Gasteiger partial charge in [0.1, 0.15) is 11.3 Å². The van der Waals surface area contributed by atoms with Gasteiger partial charge in [-0.3, -0.25) is 0 Å². The molecule has 1 heterocycles. The average molecular weight is 333 g/mol. The van der Waals surface area contributed by atoms with E-state index in [0.717, 1.165) is 43.0 Å². The fourth-order valence-corrected chi connectivity index (χ4v) is 3.21. The number of nitrogens with zero attached hydrogens (tertiary/aromatic N) is 1. The van der Waals surface area contributed by atoms with E-state index in [9.17, 15) is 8.78 Å². The lowest BCUT2D eigenvalue weighted by atomic mass is 9.94. The van der Waals surface area contributed by atoms with Gasteiger partial charge in [-0.15, -0.1) is 0 Å². The first-order valence-electron chi connectivity index (χ1n) is 5.74. The Balaban J connectivity index is 2.46. The standard InChI is InChI=1S/C13H9BrClF2N/c14-7-5-8(16)13-10(12(7)17)11(15)6-3-1-2-4-9(6)18-13/h5H,1-4H2. The summed E-state index contributed by atoms with van der Waals surface area (Å²) in [6.07, 6.45) is 3.59. The number of rotatable bonds is 0. The van der Waals surface area contributed by atoms with Crippen LogP contribution in [-0.2, 0) is 12.8 Å². The van der Waals surface area contributed by atoms with Crippen LogP contribution in [0.2, 0.25) is 5.02 Å². The Morgan fingerprint density at radius 2 is 1.94 bits per heavy atom. The highest BCUT2D eigenvalue weighted by atomic mass is 79.9. The van der Waals surface area contributed by atoms with Crippen LogP contribution in [0.15, 0.2) is 10.5 Å². The van der Waals surface area contributed by atoms with Crippen LogP contribution in [0.3, 0.4) is 0 Å². The molecule has 0 aliphatic heterocycles. The van der Waals surface area contributed by atoms with Crippen molar-refractivity contribution in [2.24, 2.45) is 0 Å². The molecule has 1 aromatic carbocycles. The normalized spacial score (nSPS) is 14.9. The van der Waals surface area contributed by atoms with Gasteiger partial charge in [-0.25, -0.2) is 13.8 Å². The topological polar surface area (TPSA) is 12.9 Å². The van der Waals surface area contributed by atoms with Crippen molar-refractivity contribution < 1.29 is 8.78 Å². The monoisotopic (exact) mass is 331 g/mol. The summed E-state index contributed by atoms with van der Waals surface area (Å²) in [5.41, 5.74) is 1.70. The van der Waals surface area contributed by atoms with Crippen LogP contribution < -0.4 is 0 Å². The van der Waals surface area contributed by atoms with Crippen LogP contribution in [0.5, 0.6) is 0 Å². The van der Waals surface area contributed by atoms with Crippen LogP contribution in [0.25, 0.3) is 10.9 Å². The molecule has 1 nitrogen and oxygen atoms in total. The molecule has 0 bridgehead atoms. The van der Waals surface area contributed by atoms with Crippen molar-refractivity contribution >= 4 is 38.4 Å². The minimum Gasteiger partial charge on any atom is -0.249 e. The van der Waals surface area contributed by atoms with Gasteiger partial charge in [0.2, 0.25) is 0 Å². The molecular formula is C13H9BrClF2N. The van der Waals surface area contributed by atoms with Gasteiger partial charge >= 0.3 is 0 Å². The lowest BCUT2D eigenvalue weighted by Crippen LogP contribution is -2.08. The summed E-state index contributed by atoms with van der Waals surface area (Å²) in [7, 11) is 0. The molecule has 2 aromatic rings. The number of pyridine rings is 1. The van der Waals surface area contributed by atoms with Crippen molar-refractivity contribution in [3.63, 3.8) is 0 Å². The zero-order chi connectivity index (χ0) is 12.9. The molecule has 1 aliphatic rings. The summed E-state index contributed by atoms with van der Waals surface area (Å²) >= 11 is 9.24. The van der Waals surface area contributed by atoms with Gasteiger partial charge < -0.3 is 0 Å². The van der Waals surface area contributed by atoms with E-state index in [1.54, 1.807) is 0 Å². The largest absolute Gasteiger partial charge is 0.249 e. The van der Waals surface area contributed by atoms with Gasteiger partial charge in [-0.1, -0.05) is 11.6 Å². The molecule has 0 atom stereocenters. The van der Waals surface area contributed by atoms with Crippen LogP contribution >= 0.6 is 27.5 Å². The van der Waals surface area contributed by atoms with Gasteiger partial charge in [0.05, 0.1) is 14.9 Å². The molecule has 0 unspecified atom stereocenters. The Morgan fingerprint density at radius 1 is 1.22 bits per heavy atom. The summed E-state index contributed by atoms with van der Waals surface area (Å²) in [6.45, 7) is 0. The number of aromatic nitrogens is 1. The highest BCUT2D eigenvalue weighted by molar-refractivity contribution is 9.10. The molecule has 0 N–H and O–H groups in total. The summed E-state index contributed by atoms with van der Waals surface area (Å²) in [4.78, 5) is 4.26. The Bertz CT molecular complexity index is 657. The Kier molecular flexibility index (Phi) is 3.02.